The normalized spacial score (nSPS) is 10.7. The lowest BCUT2D eigenvalue weighted by Gasteiger charge is -2.01. The van der Waals surface area contributed by atoms with E-state index in [1.807, 2.05) is 13.8 Å². The molecule has 1 heterocycles. The van der Waals surface area contributed by atoms with Crippen molar-refractivity contribution in [1.29, 1.82) is 0 Å². The van der Waals surface area contributed by atoms with Crippen LogP contribution in [0.1, 0.15) is 27.6 Å². The van der Waals surface area contributed by atoms with Crippen LogP contribution in [0.25, 0.3) is 0 Å². The number of imidazole rings is 1. The second-order valence-electron chi connectivity index (χ2n) is 4.12. The zero-order valence-electron chi connectivity index (χ0n) is 10.1. The Hall–Kier alpha value is -2.04. The molecule has 18 heavy (non-hydrogen) atoms. The quantitative estimate of drug-likeness (QED) is 0.851. The van der Waals surface area contributed by atoms with E-state index in [-0.39, 0.29) is 12.0 Å². The maximum atomic E-state index is 13.4. The van der Waals surface area contributed by atoms with Gasteiger partial charge in [-0.3, -0.25) is 4.79 Å². The SMILES string of the molecule is Cc1nc(CC(=O)c2ccc(F)cc2F)[nH]c1C. The van der Waals surface area contributed by atoms with Crippen LogP contribution in [0.5, 0.6) is 0 Å². The molecule has 0 saturated carbocycles. The van der Waals surface area contributed by atoms with E-state index >= 15 is 0 Å². The summed E-state index contributed by atoms with van der Waals surface area (Å²) in [7, 11) is 0. The minimum atomic E-state index is -0.847. The highest BCUT2D eigenvalue weighted by Crippen LogP contribution is 2.13. The summed E-state index contributed by atoms with van der Waals surface area (Å²) in [5.74, 6) is -1.49. The smallest absolute Gasteiger partial charge is 0.173 e. The number of aromatic amines is 1. The maximum absolute atomic E-state index is 13.4. The molecular formula is C13H12F2N2O. The van der Waals surface area contributed by atoms with Gasteiger partial charge in [-0.15, -0.1) is 0 Å². The first-order valence-corrected chi connectivity index (χ1v) is 5.47. The number of hydrogen-bond donors (Lipinski definition) is 1. The fourth-order valence-electron chi connectivity index (χ4n) is 1.67. The van der Waals surface area contributed by atoms with Crippen molar-refractivity contribution in [2.24, 2.45) is 0 Å². The summed E-state index contributed by atoms with van der Waals surface area (Å²) >= 11 is 0. The van der Waals surface area contributed by atoms with Gasteiger partial charge in [0.1, 0.15) is 17.5 Å². The van der Waals surface area contributed by atoms with E-state index in [1.165, 1.54) is 0 Å². The molecule has 0 unspecified atom stereocenters. The molecule has 2 rings (SSSR count). The molecule has 0 aliphatic heterocycles. The number of nitrogens with one attached hydrogen (secondary N) is 1. The minimum absolute atomic E-state index is 0.0305. The zero-order chi connectivity index (χ0) is 13.3. The Labute approximate surface area is 103 Å². The van der Waals surface area contributed by atoms with Crippen LogP contribution in [0.3, 0.4) is 0 Å². The summed E-state index contributed by atoms with van der Waals surface area (Å²) in [6.45, 7) is 3.66. The third kappa shape index (κ3) is 2.45. The van der Waals surface area contributed by atoms with Crippen molar-refractivity contribution in [3.05, 3.63) is 52.6 Å². The molecule has 3 nitrogen and oxygen atoms in total. The van der Waals surface area contributed by atoms with Crippen LogP contribution in [-0.4, -0.2) is 15.8 Å². The summed E-state index contributed by atoms with van der Waals surface area (Å²) in [4.78, 5) is 18.9. The number of benzene rings is 1. The molecule has 0 bridgehead atoms. The average Bonchev–Trinajstić information content (AvgIpc) is 2.57. The van der Waals surface area contributed by atoms with Gasteiger partial charge in [-0.2, -0.15) is 0 Å². The van der Waals surface area contributed by atoms with Crippen LogP contribution in [0.2, 0.25) is 0 Å². The topological polar surface area (TPSA) is 45.8 Å². The van der Waals surface area contributed by atoms with E-state index in [2.05, 4.69) is 9.97 Å². The van der Waals surface area contributed by atoms with Gasteiger partial charge >= 0.3 is 0 Å². The van der Waals surface area contributed by atoms with Gasteiger partial charge in [0.25, 0.3) is 0 Å². The highest BCUT2D eigenvalue weighted by Gasteiger charge is 2.15. The van der Waals surface area contributed by atoms with Crippen LogP contribution in [-0.2, 0) is 6.42 Å². The Morgan fingerprint density at radius 1 is 1.33 bits per heavy atom. The molecule has 0 aliphatic carbocycles. The Bertz CT molecular complexity index is 586. The Morgan fingerprint density at radius 3 is 2.61 bits per heavy atom. The van der Waals surface area contributed by atoms with Crippen LogP contribution in [0, 0.1) is 25.5 Å². The summed E-state index contributed by atoms with van der Waals surface area (Å²) in [5.41, 5.74) is 1.55. The number of Topliss-reactive ketones (excluding diaryl/α,β-unsaturated/α-hetero) is 1. The number of rotatable bonds is 3. The van der Waals surface area contributed by atoms with E-state index in [1.54, 1.807) is 0 Å². The first kappa shape index (κ1) is 12.4. The number of aryl methyl sites for hydroxylation is 2. The maximum Gasteiger partial charge on any atom is 0.173 e. The van der Waals surface area contributed by atoms with Gasteiger partial charge in [0.15, 0.2) is 5.78 Å². The van der Waals surface area contributed by atoms with Gasteiger partial charge in [0.05, 0.1) is 17.7 Å². The highest BCUT2D eigenvalue weighted by molar-refractivity contribution is 5.97. The third-order valence-corrected chi connectivity index (χ3v) is 2.74. The molecule has 0 amide bonds. The number of H-pyrrole nitrogens is 1. The third-order valence-electron chi connectivity index (χ3n) is 2.74. The number of hydrogen-bond acceptors (Lipinski definition) is 2. The fraction of sp³-hybridized carbons (Fsp3) is 0.231. The summed E-state index contributed by atoms with van der Waals surface area (Å²) in [5, 5.41) is 0. The second-order valence-corrected chi connectivity index (χ2v) is 4.12. The molecule has 2 aromatic rings. The first-order valence-electron chi connectivity index (χ1n) is 5.47. The van der Waals surface area contributed by atoms with E-state index in [9.17, 15) is 13.6 Å². The van der Waals surface area contributed by atoms with Gasteiger partial charge in [0, 0.05) is 11.8 Å². The largest absolute Gasteiger partial charge is 0.345 e. The molecule has 0 saturated heterocycles. The van der Waals surface area contributed by atoms with Crippen LogP contribution < -0.4 is 0 Å². The molecular weight excluding hydrogens is 238 g/mol. The van der Waals surface area contributed by atoms with Gasteiger partial charge in [-0.05, 0) is 26.0 Å². The van der Waals surface area contributed by atoms with Crippen LogP contribution in [0.15, 0.2) is 18.2 Å². The number of carbonyl (C=O) groups is 1. The predicted molar refractivity (Wildman–Crippen MR) is 62.5 cm³/mol. The van der Waals surface area contributed by atoms with Gasteiger partial charge < -0.3 is 4.98 Å². The number of aromatic nitrogens is 2. The van der Waals surface area contributed by atoms with E-state index in [0.29, 0.717) is 11.9 Å². The molecule has 0 aliphatic rings. The van der Waals surface area contributed by atoms with Crippen LogP contribution in [0.4, 0.5) is 8.78 Å². The average molecular weight is 250 g/mol. The lowest BCUT2D eigenvalue weighted by atomic mass is 10.1. The molecule has 0 spiro atoms. The van der Waals surface area contributed by atoms with Gasteiger partial charge in [-0.25, -0.2) is 13.8 Å². The summed E-state index contributed by atoms with van der Waals surface area (Å²) < 4.78 is 26.1. The molecule has 5 heteroatoms. The van der Waals surface area contributed by atoms with Crippen molar-refractivity contribution in [2.45, 2.75) is 20.3 Å². The molecule has 1 aromatic heterocycles. The van der Waals surface area contributed by atoms with Gasteiger partial charge in [-0.1, -0.05) is 0 Å². The van der Waals surface area contributed by atoms with E-state index < -0.39 is 17.4 Å². The summed E-state index contributed by atoms with van der Waals surface area (Å²) in [6.07, 6.45) is -0.0305. The fourth-order valence-corrected chi connectivity index (χ4v) is 1.67. The van der Waals surface area contributed by atoms with E-state index in [4.69, 9.17) is 0 Å². The van der Waals surface area contributed by atoms with Gasteiger partial charge in [0.2, 0.25) is 0 Å². The second kappa shape index (κ2) is 4.68. The monoisotopic (exact) mass is 250 g/mol. The van der Waals surface area contributed by atoms with Crippen LogP contribution >= 0.6 is 0 Å². The Balaban J connectivity index is 2.22. The number of halogens is 2. The molecule has 94 valence electrons. The highest BCUT2D eigenvalue weighted by atomic mass is 19.1. The first-order chi connectivity index (χ1) is 8.47. The Kier molecular flexibility index (Phi) is 3.23. The standard InChI is InChI=1S/C13H12F2N2O/c1-7-8(2)17-13(16-7)6-12(18)10-4-3-9(14)5-11(10)15/h3-5H,6H2,1-2H3,(H,16,17). The number of nitrogens with zero attached hydrogens (tertiary/aromatic N) is 1. The molecule has 0 fully saturated rings. The van der Waals surface area contributed by atoms with E-state index in [0.717, 1.165) is 23.5 Å². The lowest BCUT2D eigenvalue weighted by Crippen LogP contribution is -2.07. The summed E-state index contributed by atoms with van der Waals surface area (Å²) in [6, 6.07) is 2.91. The van der Waals surface area contributed by atoms with Crippen molar-refractivity contribution in [3.63, 3.8) is 0 Å². The zero-order valence-corrected chi connectivity index (χ0v) is 10.1. The minimum Gasteiger partial charge on any atom is -0.345 e. The molecule has 1 N–H and O–H groups in total. The predicted octanol–water partition coefficient (Wildman–Crippen LogP) is 2.73. The van der Waals surface area contributed by atoms with Crippen molar-refractivity contribution in [3.8, 4) is 0 Å². The van der Waals surface area contributed by atoms with Crippen molar-refractivity contribution in [2.75, 3.05) is 0 Å². The lowest BCUT2D eigenvalue weighted by molar-refractivity contribution is 0.0987. The van der Waals surface area contributed by atoms with Crippen molar-refractivity contribution < 1.29 is 13.6 Å². The molecule has 1 aromatic carbocycles. The molecule has 0 atom stereocenters. The molecule has 0 radical (unpaired) electrons. The number of ketones is 1. The van der Waals surface area contributed by atoms with Crippen molar-refractivity contribution in [1.82, 2.24) is 9.97 Å². The number of carbonyl (C=O) groups excluding carboxylic acids is 1. The van der Waals surface area contributed by atoms with Crippen molar-refractivity contribution >= 4 is 5.78 Å². The Morgan fingerprint density at radius 2 is 2.06 bits per heavy atom.